The molecule has 1 aromatic rings. The molecule has 1 unspecified atom stereocenters. The molecule has 112 valence electrons. The Labute approximate surface area is 125 Å². The molecule has 1 fully saturated rings. The molecule has 1 atom stereocenters. The van der Waals surface area contributed by atoms with E-state index in [0.717, 1.165) is 26.1 Å². The van der Waals surface area contributed by atoms with Crippen LogP contribution in [0.2, 0.25) is 5.02 Å². The van der Waals surface area contributed by atoms with Crippen LogP contribution in [0.4, 0.5) is 4.39 Å². The number of benzene rings is 1. The van der Waals surface area contributed by atoms with Crippen molar-refractivity contribution in [2.75, 3.05) is 32.8 Å². The van der Waals surface area contributed by atoms with Crippen LogP contribution in [0.5, 0.6) is 0 Å². The van der Waals surface area contributed by atoms with E-state index in [2.05, 4.69) is 17.1 Å². The van der Waals surface area contributed by atoms with E-state index in [0.29, 0.717) is 36.4 Å². The number of rotatable bonds is 6. The number of halogens is 2. The summed E-state index contributed by atoms with van der Waals surface area (Å²) in [4.78, 5) is 2.28. The molecule has 1 N–H and O–H groups in total. The lowest BCUT2D eigenvalue weighted by molar-refractivity contribution is -0.0112. The number of morpholine rings is 1. The van der Waals surface area contributed by atoms with Gasteiger partial charge in [-0.2, -0.15) is 0 Å². The molecule has 1 aliphatic rings. The molecule has 0 aliphatic carbocycles. The van der Waals surface area contributed by atoms with Crippen LogP contribution in [0.3, 0.4) is 0 Å². The third-order valence-corrected chi connectivity index (χ3v) is 3.78. The van der Waals surface area contributed by atoms with E-state index < -0.39 is 0 Å². The largest absolute Gasteiger partial charge is 0.378 e. The second kappa shape index (κ2) is 7.93. The summed E-state index contributed by atoms with van der Waals surface area (Å²) in [6.07, 6.45) is 1.11. The van der Waals surface area contributed by atoms with Gasteiger partial charge in [-0.15, -0.1) is 0 Å². The monoisotopic (exact) mass is 300 g/mol. The van der Waals surface area contributed by atoms with Gasteiger partial charge in [0.2, 0.25) is 0 Å². The zero-order valence-electron chi connectivity index (χ0n) is 11.9. The first kappa shape index (κ1) is 15.7. The Morgan fingerprint density at radius 3 is 3.10 bits per heavy atom. The van der Waals surface area contributed by atoms with E-state index >= 15 is 0 Å². The van der Waals surface area contributed by atoms with Crippen molar-refractivity contribution in [3.63, 3.8) is 0 Å². The molecule has 0 amide bonds. The molecule has 2 rings (SSSR count). The van der Waals surface area contributed by atoms with Crippen LogP contribution in [0.15, 0.2) is 18.2 Å². The van der Waals surface area contributed by atoms with Gasteiger partial charge in [0, 0.05) is 36.3 Å². The lowest BCUT2D eigenvalue weighted by Gasteiger charge is -2.35. The minimum absolute atomic E-state index is 0.232. The van der Waals surface area contributed by atoms with Crippen LogP contribution >= 0.6 is 11.6 Å². The minimum Gasteiger partial charge on any atom is -0.378 e. The van der Waals surface area contributed by atoms with Gasteiger partial charge in [-0.1, -0.05) is 24.6 Å². The molecular weight excluding hydrogens is 279 g/mol. The fraction of sp³-hybridized carbons (Fsp3) is 0.600. The van der Waals surface area contributed by atoms with E-state index in [-0.39, 0.29) is 5.82 Å². The van der Waals surface area contributed by atoms with Crippen LogP contribution in [-0.4, -0.2) is 43.8 Å². The fourth-order valence-corrected chi connectivity index (χ4v) is 2.56. The second-order valence-electron chi connectivity index (χ2n) is 5.14. The number of ether oxygens (including phenoxy) is 1. The zero-order chi connectivity index (χ0) is 14.4. The maximum atomic E-state index is 13.9. The summed E-state index contributed by atoms with van der Waals surface area (Å²) in [7, 11) is 0. The van der Waals surface area contributed by atoms with Crippen molar-refractivity contribution in [2.24, 2.45) is 0 Å². The summed E-state index contributed by atoms with van der Waals surface area (Å²) < 4.78 is 19.4. The molecule has 0 saturated carbocycles. The van der Waals surface area contributed by atoms with Gasteiger partial charge in [0.1, 0.15) is 5.82 Å². The molecule has 0 aromatic heterocycles. The van der Waals surface area contributed by atoms with Crippen molar-refractivity contribution in [1.29, 1.82) is 0 Å². The highest BCUT2D eigenvalue weighted by Crippen LogP contribution is 2.18. The van der Waals surface area contributed by atoms with Crippen LogP contribution < -0.4 is 5.32 Å². The van der Waals surface area contributed by atoms with E-state index in [1.54, 1.807) is 12.1 Å². The van der Waals surface area contributed by atoms with Gasteiger partial charge >= 0.3 is 0 Å². The van der Waals surface area contributed by atoms with E-state index in [4.69, 9.17) is 16.3 Å². The average molecular weight is 301 g/mol. The maximum Gasteiger partial charge on any atom is 0.129 e. The molecule has 3 nitrogen and oxygen atoms in total. The molecule has 1 saturated heterocycles. The Morgan fingerprint density at radius 1 is 1.50 bits per heavy atom. The van der Waals surface area contributed by atoms with E-state index in [1.165, 1.54) is 6.07 Å². The molecule has 20 heavy (non-hydrogen) atoms. The number of hydrogen-bond acceptors (Lipinski definition) is 3. The number of nitrogens with one attached hydrogen (secondary N) is 1. The van der Waals surface area contributed by atoms with E-state index in [1.807, 2.05) is 0 Å². The molecule has 0 bridgehead atoms. The first-order valence-corrected chi connectivity index (χ1v) is 7.55. The van der Waals surface area contributed by atoms with Crippen LogP contribution in [0.1, 0.15) is 18.9 Å². The Balaban J connectivity index is 1.97. The number of nitrogens with zero attached hydrogens (tertiary/aromatic N) is 1. The predicted octanol–water partition coefficient (Wildman–Crippen LogP) is 2.68. The van der Waals surface area contributed by atoms with Crippen molar-refractivity contribution in [1.82, 2.24) is 10.2 Å². The first-order chi connectivity index (χ1) is 9.70. The minimum atomic E-state index is -0.232. The quantitative estimate of drug-likeness (QED) is 0.818. The highest BCUT2D eigenvalue weighted by atomic mass is 35.5. The van der Waals surface area contributed by atoms with Gasteiger partial charge in [-0.25, -0.2) is 4.39 Å². The smallest absolute Gasteiger partial charge is 0.129 e. The standard InChI is InChI=1S/C15H22ClFN2O/c1-2-5-18-9-14-11-20-7-6-19(14)10-12-3-4-13(16)8-15(12)17/h3-4,8,14,18H,2,5-7,9-11H2,1H3. The van der Waals surface area contributed by atoms with Crippen molar-refractivity contribution in [3.8, 4) is 0 Å². The third-order valence-electron chi connectivity index (χ3n) is 3.54. The molecule has 0 spiro atoms. The van der Waals surface area contributed by atoms with Gasteiger partial charge in [0.25, 0.3) is 0 Å². The zero-order valence-corrected chi connectivity index (χ0v) is 12.6. The van der Waals surface area contributed by atoms with Gasteiger partial charge in [0.05, 0.1) is 13.2 Å². The Hall–Kier alpha value is -0.680. The lowest BCUT2D eigenvalue weighted by Crippen LogP contribution is -2.50. The molecule has 1 aliphatic heterocycles. The topological polar surface area (TPSA) is 24.5 Å². The van der Waals surface area contributed by atoms with Gasteiger partial charge in [-0.05, 0) is 25.1 Å². The summed E-state index contributed by atoms with van der Waals surface area (Å²) in [5.74, 6) is -0.232. The lowest BCUT2D eigenvalue weighted by atomic mass is 10.1. The normalized spacial score (nSPS) is 20.2. The van der Waals surface area contributed by atoms with Crippen molar-refractivity contribution < 1.29 is 9.13 Å². The third kappa shape index (κ3) is 4.42. The number of hydrogen-bond donors (Lipinski definition) is 1. The fourth-order valence-electron chi connectivity index (χ4n) is 2.40. The summed E-state index contributed by atoms with van der Waals surface area (Å²) in [5, 5.41) is 3.85. The van der Waals surface area contributed by atoms with Crippen molar-refractivity contribution >= 4 is 11.6 Å². The molecule has 1 heterocycles. The maximum absolute atomic E-state index is 13.9. The van der Waals surface area contributed by atoms with Crippen molar-refractivity contribution in [2.45, 2.75) is 25.9 Å². The van der Waals surface area contributed by atoms with Gasteiger partial charge in [-0.3, -0.25) is 4.90 Å². The predicted molar refractivity (Wildman–Crippen MR) is 79.6 cm³/mol. The Morgan fingerprint density at radius 2 is 2.35 bits per heavy atom. The molecule has 1 aromatic carbocycles. The summed E-state index contributed by atoms with van der Waals surface area (Å²) in [6, 6.07) is 5.18. The van der Waals surface area contributed by atoms with Crippen molar-refractivity contribution in [3.05, 3.63) is 34.6 Å². The Bertz CT molecular complexity index is 430. The van der Waals surface area contributed by atoms with Gasteiger partial charge < -0.3 is 10.1 Å². The molecule has 0 radical (unpaired) electrons. The van der Waals surface area contributed by atoms with Crippen LogP contribution in [0, 0.1) is 5.82 Å². The Kier molecular flexibility index (Phi) is 6.23. The summed E-state index contributed by atoms with van der Waals surface area (Å²) in [6.45, 7) is 6.87. The highest BCUT2D eigenvalue weighted by Gasteiger charge is 2.23. The van der Waals surface area contributed by atoms with E-state index in [9.17, 15) is 4.39 Å². The average Bonchev–Trinajstić information content (AvgIpc) is 2.44. The van der Waals surface area contributed by atoms with Crippen LogP contribution in [0.25, 0.3) is 0 Å². The summed E-state index contributed by atoms with van der Waals surface area (Å²) in [5.41, 5.74) is 0.691. The molecular formula is C15H22ClFN2O. The SMILES string of the molecule is CCCNCC1COCCN1Cc1ccc(Cl)cc1F. The first-order valence-electron chi connectivity index (χ1n) is 7.17. The summed E-state index contributed by atoms with van der Waals surface area (Å²) >= 11 is 5.79. The molecule has 5 heteroatoms. The second-order valence-corrected chi connectivity index (χ2v) is 5.58. The highest BCUT2D eigenvalue weighted by molar-refractivity contribution is 6.30. The van der Waals surface area contributed by atoms with Crippen LogP contribution in [-0.2, 0) is 11.3 Å². The van der Waals surface area contributed by atoms with Gasteiger partial charge in [0.15, 0.2) is 0 Å².